The minimum Gasteiger partial charge on any atom is -0.341 e. The summed E-state index contributed by atoms with van der Waals surface area (Å²) in [6, 6.07) is 5.99. The summed E-state index contributed by atoms with van der Waals surface area (Å²) in [5.41, 5.74) is 1.01. The first-order valence-electron chi connectivity index (χ1n) is 7.01. The minimum atomic E-state index is 0.0663. The molecule has 1 aliphatic heterocycles. The lowest BCUT2D eigenvalue weighted by molar-refractivity contribution is -0.133. The van der Waals surface area contributed by atoms with Crippen LogP contribution in [-0.4, -0.2) is 37.0 Å². The molecule has 5 heteroatoms. The predicted octanol–water partition coefficient (Wildman–Crippen LogP) is 2.92. The molecule has 1 aliphatic carbocycles. The van der Waals surface area contributed by atoms with E-state index in [-0.39, 0.29) is 17.7 Å². The Balaban J connectivity index is 1.69. The van der Waals surface area contributed by atoms with Crippen molar-refractivity contribution < 1.29 is 4.79 Å². The number of amides is 1. The van der Waals surface area contributed by atoms with E-state index in [2.05, 4.69) is 5.32 Å². The van der Waals surface area contributed by atoms with Crippen molar-refractivity contribution in [2.24, 2.45) is 5.92 Å². The predicted molar refractivity (Wildman–Crippen MR) is 81.4 cm³/mol. The monoisotopic (exact) mass is 312 g/mol. The molecular formula is C15H18Cl2N2O. The van der Waals surface area contributed by atoms with E-state index in [1.165, 1.54) is 0 Å². The molecule has 1 amide bonds. The lowest BCUT2D eigenvalue weighted by Gasteiger charge is -2.24. The van der Waals surface area contributed by atoms with E-state index in [1.54, 1.807) is 6.07 Å². The van der Waals surface area contributed by atoms with E-state index < -0.39 is 0 Å². The summed E-state index contributed by atoms with van der Waals surface area (Å²) in [4.78, 5) is 14.4. The van der Waals surface area contributed by atoms with Gasteiger partial charge in [-0.3, -0.25) is 4.79 Å². The maximum atomic E-state index is 12.5. The first kappa shape index (κ1) is 14.2. The Bertz CT molecular complexity index is 529. The number of carbonyl (C=O) groups is 1. The number of nitrogens with zero attached hydrogens (tertiary/aromatic N) is 1. The lowest BCUT2D eigenvalue weighted by Crippen LogP contribution is -2.39. The smallest absolute Gasteiger partial charge is 0.226 e. The van der Waals surface area contributed by atoms with Crippen LogP contribution in [-0.2, 0) is 4.79 Å². The summed E-state index contributed by atoms with van der Waals surface area (Å²) in [5, 5.41) is 4.46. The topological polar surface area (TPSA) is 32.3 Å². The molecule has 1 N–H and O–H groups in total. The fourth-order valence-corrected chi connectivity index (χ4v) is 3.48. The molecule has 108 valence electrons. The Kier molecular flexibility index (Phi) is 3.93. The van der Waals surface area contributed by atoms with Gasteiger partial charge in [0.1, 0.15) is 0 Å². The largest absolute Gasteiger partial charge is 0.341 e. The summed E-state index contributed by atoms with van der Waals surface area (Å²) in [6.45, 7) is 1.90. The van der Waals surface area contributed by atoms with E-state index in [1.807, 2.05) is 24.1 Å². The molecule has 1 aromatic rings. The van der Waals surface area contributed by atoms with Crippen LogP contribution in [0, 0.1) is 5.92 Å². The van der Waals surface area contributed by atoms with E-state index in [0.717, 1.165) is 31.5 Å². The van der Waals surface area contributed by atoms with Crippen LogP contribution in [0.15, 0.2) is 18.2 Å². The number of hydrogen-bond donors (Lipinski definition) is 1. The molecule has 0 bridgehead atoms. The highest BCUT2D eigenvalue weighted by Crippen LogP contribution is 2.51. The standard InChI is InChI=1S/C15H18Cl2N2O/c1-19(9-5-6-18-8-9)15(20)12-7-11(12)10-3-2-4-13(16)14(10)17/h2-4,9,11-12,18H,5-8H2,1H3/t9-,11-,12-/m1/s1. The molecule has 3 rings (SSSR count). The van der Waals surface area contributed by atoms with Crippen molar-refractivity contribution in [3.05, 3.63) is 33.8 Å². The molecule has 0 aromatic heterocycles. The average molecular weight is 313 g/mol. The third-order valence-corrected chi connectivity index (χ3v) is 5.25. The van der Waals surface area contributed by atoms with Crippen molar-refractivity contribution >= 4 is 29.1 Å². The number of nitrogens with one attached hydrogen (secondary N) is 1. The third kappa shape index (κ3) is 2.54. The fourth-order valence-electron chi connectivity index (χ4n) is 3.03. The van der Waals surface area contributed by atoms with Gasteiger partial charge in [0, 0.05) is 25.6 Å². The highest BCUT2D eigenvalue weighted by Gasteiger charge is 2.47. The number of rotatable bonds is 3. The molecule has 1 saturated carbocycles. The Morgan fingerprint density at radius 1 is 1.40 bits per heavy atom. The van der Waals surface area contributed by atoms with Gasteiger partial charge in [-0.05, 0) is 36.9 Å². The number of benzene rings is 1. The van der Waals surface area contributed by atoms with Crippen LogP contribution in [0.1, 0.15) is 24.3 Å². The summed E-state index contributed by atoms with van der Waals surface area (Å²) in [5.74, 6) is 0.529. The molecule has 2 aliphatic rings. The maximum absolute atomic E-state index is 12.5. The molecule has 0 unspecified atom stereocenters. The number of hydrogen-bond acceptors (Lipinski definition) is 2. The van der Waals surface area contributed by atoms with Crippen molar-refractivity contribution in [1.82, 2.24) is 10.2 Å². The first-order chi connectivity index (χ1) is 9.59. The van der Waals surface area contributed by atoms with Crippen molar-refractivity contribution in [2.75, 3.05) is 20.1 Å². The van der Waals surface area contributed by atoms with E-state index in [4.69, 9.17) is 23.2 Å². The van der Waals surface area contributed by atoms with Gasteiger partial charge in [-0.2, -0.15) is 0 Å². The Morgan fingerprint density at radius 3 is 2.90 bits per heavy atom. The zero-order valence-corrected chi connectivity index (χ0v) is 12.9. The number of likely N-dealkylation sites (N-methyl/N-ethyl adjacent to an activating group) is 1. The Hall–Kier alpha value is -0.770. The van der Waals surface area contributed by atoms with Crippen molar-refractivity contribution in [3.8, 4) is 0 Å². The first-order valence-corrected chi connectivity index (χ1v) is 7.76. The van der Waals surface area contributed by atoms with Crippen LogP contribution in [0.5, 0.6) is 0 Å². The average Bonchev–Trinajstić information content (AvgIpc) is 3.04. The third-order valence-electron chi connectivity index (χ3n) is 4.42. The van der Waals surface area contributed by atoms with Gasteiger partial charge in [-0.25, -0.2) is 0 Å². The van der Waals surface area contributed by atoms with Gasteiger partial charge >= 0.3 is 0 Å². The molecule has 3 nitrogen and oxygen atoms in total. The summed E-state index contributed by atoms with van der Waals surface area (Å²) >= 11 is 12.3. The highest BCUT2D eigenvalue weighted by molar-refractivity contribution is 6.42. The normalized spacial score (nSPS) is 28.4. The molecular weight excluding hydrogens is 295 g/mol. The summed E-state index contributed by atoms with van der Waals surface area (Å²) in [7, 11) is 1.91. The second-order valence-corrected chi connectivity index (χ2v) is 6.47. The molecule has 1 heterocycles. The van der Waals surface area contributed by atoms with Gasteiger partial charge in [0.25, 0.3) is 0 Å². The van der Waals surface area contributed by atoms with Crippen LogP contribution in [0.25, 0.3) is 0 Å². The van der Waals surface area contributed by atoms with Crippen molar-refractivity contribution in [2.45, 2.75) is 24.8 Å². The molecule has 0 spiro atoms. The summed E-state index contributed by atoms with van der Waals surface area (Å²) < 4.78 is 0. The molecule has 0 radical (unpaired) electrons. The fraction of sp³-hybridized carbons (Fsp3) is 0.533. The zero-order valence-electron chi connectivity index (χ0n) is 11.4. The van der Waals surface area contributed by atoms with E-state index in [9.17, 15) is 4.79 Å². The Labute approximate surface area is 129 Å². The molecule has 1 aromatic carbocycles. The highest BCUT2D eigenvalue weighted by atomic mass is 35.5. The second-order valence-electron chi connectivity index (χ2n) is 5.69. The second kappa shape index (κ2) is 5.55. The van der Waals surface area contributed by atoms with E-state index >= 15 is 0 Å². The quantitative estimate of drug-likeness (QED) is 0.930. The minimum absolute atomic E-state index is 0.0663. The van der Waals surface area contributed by atoms with E-state index in [0.29, 0.717) is 16.1 Å². The van der Waals surface area contributed by atoms with Gasteiger partial charge in [0.05, 0.1) is 10.0 Å². The summed E-state index contributed by atoms with van der Waals surface area (Å²) in [6.07, 6.45) is 1.92. The van der Waals surface area contributed by atoms with Gasteiger partial charge in [-0.15, -0.1) is 0 Å². The SMILES string of the molecule is CN(C(=O)[C@@H]1C[C@@H]1c1cccc(Cl)c1Cl)[C@@H]1CCNC1. The van der Waals surface area contributed by atoms with Crippen LogP contribution in [0.4, 0.5) is 0 Å². The van der Waals surface area contributed by atoms with Crippen LogP contribution >= 0.6 is 23.2 Å². The number of halogens is 2. The van der Waals surface area contributed by atoms with Gasteiger partial charge < -0.3 is 10.2 Å². The zero-order chi connectivity index (χ0) is 14.3. The van der Waals surface area contributed by atoms with Crippen LogP contribution in [0.2, 0.25) is 10.0 Å². The molecule has 20 heavy (non-hydrogen) atoms. The lowest BCUT2D eigenvalue weighted by atomic mass is 10.1. The molecule has 1 saturated heterocycles. The molecule has 2 fully saturated rings. The van der Waals surface area contributed by atoms with Crippen LogP contribution < -0.4 is 5.32 Å². The van der Waals surface area contributed by atoms with Crippen molar-refractivity contribution in [3.63, 3.8) is 0 Å². The van der Waals surface area contributed by atoms with Gasteiger partial charge in [0.2, 0.25) is 5.91 Å². The maximum Gasteiger partial charge on any atom is 0.226 e. The van der Waals surface area contributed by atoms with Crippen molar-refractivity contribution in [1.29, 1.82) is 0 Å². The number of carbonyl (C=O) groups excluding carboxylic acids is 1. The van der Waals surface area contributed by atoms with Crippen LogP contribution in [0.3, 0.4) is 0 Å². The van der Waals surface area contributed by atoms with Gasteiger partial charge in [0.15, 0.2) is 0 Å². The van der Waals surface area contributed by atoms with Gasteiger partial charge in [-0.1, -0.05) is 35.3 Å². The Morgan fingerprint density at radius 2 is 2.20 bits per heavy atom. The molecule has 3 atom stereocenters.